The quantitative estimate of drug-likeness (QED) is 0.695. The normalized spacial score (nSPS) is 16.4. The van der Waals surface area contributed by atoms with Gasteiger partial charge in [-0.15, -0.1) is 0 Å². The van der Waals surface area contributed by atoms with Crippen molar-refractivity contribution in [1.82, 2.24) is 5.32 Å². The van der Waals surface area contributed by atoms with E-state index >= 15 is 0 Å². The van der Waals surface area contributed by atoms with Gasteiger partial charge in [0.15, 0.2) is 0 Å². The second-order valence-corrected chi connectivity index (χ2v) is 7.45. The number of alkyl carbamates (subject to hydrolysis) is 1. The summed E-state index contributed by atoms with van der Waals surface area (Å²) in [5.41, 5.74) is -0.721. The van der Waals surface area contributed by atoms with E-state index in [1.807, 2.05) is 0 Å². The molecule has 0 heterocycles. The van der Waals surface area contributed by atoms with Crippen LogP contribution >= 0.6 is 0 Å². The summed E-state index contributed by atoms with van der Waals surface area (Å²) in [6.07, 6.45) is 0.301. The zero-order valence-electron chi connectivity index (χ0n) is 11.0. The minimum atomic E-state index is -2.78. The lowest BCUT2D eigenvalue weighted by atomic mass is 10.2. The van der Waals surface area contributed by atoms with E-state index in [0.29, 0.717) is 0 Å². The predicted octanol–water partition coefficient (Wildman–Crippen LogP) is 1.03. The first-order chi connectivity index (χ1) is 7.91. The van der Waals surface area contributed by atoms with Gasteiger partial charge < -0.3 is 15.2 Å². The number of amides is 1. The maximum atomic E-state index is 11.4. The fourth-order valence-corrected chi connectivity index (χ4v) is 1.74. The smallest absolute Gasteiger partial charge is 0.408 e. The molecule has 0 saturated carbocycles. The van der Waals surface area contributed by atoms with Crippen molar-refractivity contribution >= 4 is 21.8 Å². The first kappa shape index (κ1) is 16.7. The lowest BCUT2D eigenvalue weighted by molar-refractivity contribution is -0.139. The number of carbonyl (C=O) groups is 2. The van der Waals surface area contributed by atoms with Gasteiger partial charge in [0, 0.05) is 21.7 Å². The van der Waals surface area contributed by atoms with Crippen LogP contribution in [0.4, 0.5) is 4.79 Å². The molecule has 2 unspecified atom stereocenters. The lowest BCUT2D eigenvalue weighted by Gasteiger charge is -2.22. The molecule has 0 fully saturated rings. The van der Waals surface area contributed by atoms with Crippen molar-refractivity contribution in [2.75, 3.05) is 12.0 Å². The molecule has 3 N–H and O–H groups in total. The highest BCUT2D eigenvalue weighted by molar-refractivity contribution is 7.91. The summed E-state index contributed by atoms with van der Waals surface area (Å²) in [6.45, 7) is 4.97. The molecule has 0 saturated heterocycles. The summed E-state index contributed by atoms with van der Waals surface area (Å²) in [6, 6.07) is -1.20. The predicted molar refractivity (Wildman–Crippen MR) is 67.1 cm³/mol. The highest BCUT2D eigenvalue weighted by Gasteiger charge is 2.24. The maximum absolute atomic E-state index is 11.4. The van der Waals surface area contributed by atoms with E-state index in [0.717, 1.165) is 0 Å². The molecule has 0 aliphatic heterocycles. The summed E-state index contributed by atoms with van der Waals surface area (Å²) in [7, 11) is -2.78. The average Bonchev–Trinajstić information content (AvgIpc) is 2.06. The van der Waals surface area contributed by atoms with Crippen LogP contribution in [0.25, 0.3) is 0 Å². The van der Waals surface area contributed by atoms with E-state index < -0.39 is 33.4 Å². The molecule has 106 valence electrons. The Morgan fingerprint density at radius 1 is 1.44 bits per heavy atom. The van der Waals surface area contributed by atoms with Crippen LogP contribution in [0.15, 0.2) is 0 Å². The van der Waals surface area contributed by atoms with Gasteiger partial charge in [-0.25, -0.2) is 9.59 Å². The largest absolute Gasteiger partial charge is 0.480 e. The zero-order chi connectivity index (χ0) is 14.6. The number of nitrogens with one attached hydrogen (secondary N) is 2. The molecule has 0 aromatic heterocycles. The third kappa shape index (κ3) is 8.80. The van der Waals surface area contributed by atoms with Crippen LogP contribution in [-0.4, -0.2) is 45.0 Å². The van der Waals surface area contributed by atoms with Gasteiger partial charge in [0.2, 0.25) is 0 Å². The summed E-state index contributed by atoms with van der Waals surface area (Å²) in [5, 5.41) is 11.1. The van der Waals surface area contributed by atoms with Crippen molar-refractivity contribution in [3.8, 4) is 0 Å². The van der Waals surface area contributed by atoms with Crippen molar-refractivity contribution < 1.29 is 23.6 Å². The van der Waals surface area contributed by atoms with Gasteiger partial charge in [-0.05, 0) is 27.2 Å². The molecule has 1 amide bonds. The number of hydrogen-bond acceptors (Lipinski definition) is 5. The molecule has 8 heteroatoms. The molecule has 0 bridgehead atoms. The van der Waals surface area contributed by atoms with Crippen LogP contribution < -0.4 is 5.32 Å². The number of hydrogen-bond donors (Lipinski definition) is 3. The molecule has 0 rings (SSSR count). The molecule has 0 aromatic rings. The lowest BCUT2D eigenvalue weighted by Crippen LogP contribution is -2.44. The van der Waals surface area contributed by atoms with Crippen molar-refractivity contribution in [2.24, 2.45) is 0 Å². The van der Waals surface area contributed by atoms with Crippen molar-refractivity contribution in [2.45, 2.75) is 38.8 Å². The molecular weight excluding hydrogens is 260 g/mol. The molecule has 18 heavy (non-hydrogen) atoms. The van der Waals surface area contributed by atoms with E-state index in [1.54, 1.807) is 20.8 Å². The van der Waals surface area contributed by atoms with Gasteiger partial charge in [-0.1, -0.05) is 0 Å². The van der Waals surface area contributed by atoms with E-state index in [4.69, 9.17) is 14.6 Å². The SMILES string of the molecule is CC(C)(C)OC(=O)NC(CCS(C)(=N)=O)C(=O)O. The number of carbonyl (C=O) groups excluding carboxylic acids is 1. The highest BCUT2D eigenvalue weighted by atomic mass is 32.2. The number of rotatable bonds is 5. The van der Waals surface area contributed by atoms with Gasteiger partial charge in [0.25, 0.3) is 0 Å². The molecular formula is C10H20N2O5S. The van der Waals surface area contributed by atoms with Crippen LogP contribution in [0.2, 0.25) is 0 Å². The Labute approximate surface area is 107 Å². The minimum Gasteiger partial charge on any atom is -0.480 e. The second kappa shape index (κ2) is 6.03. The molecule has 0 radical (unpaired) electrons. The van der Waals surface area contributed by atoms with Crippen LogP contribution in [0.5, 0.6) is 0 Å². The number of carboxylic acids is 1. The van der Waals surface area contributed by atoms with Gasteiger partial charge in [-0.3, -0.25) is 8.99 Å². The molecule has 0 aliphatic rings. The maximum Gasteiger partial charge on any atom is 0.408 e. The monoisotopic (exact) mass is 280 g/mol. The van der Waals surface area contributed by atoms with Crippen LogP contribution in [0.1, 0.15) is 27.2 Å². The average molecular weight is 280 g/mol. The Bertz CT molecular complexity index is 410. The standard InChI is InChI=1S/C10H20N2O5S/c1-10(2,3)17-9(15)12-7(8(13)14)5-6-18(4,11)16/h7,11H,5-6H2,1-4H3,(H,12,15)(H,13,14). The van der Waals surface area contributed by atoms with Gasteiger partial charge >= 0.3 is 12.1 Å². The van der Waals surface area contributed by atoms with E-state index in [1.165, 1.54) is 6.26 Å². The fourth-order valence-electron chi connectivity index (χ4n) is 1.05. The summed E-state index contributed by atoms with van der Waals surface area (Å²) in [4.78, 5) is 22.3. The summed E-state index contributed by atoms with van der Waals surface area (Å²) < 4.78 is 23.3. The summed E-state index contributed by atoms with van der Waals surface area (Å²) >= 11 is 0. The van der Waals surface area contributed by atoms with Crippen molar-refractivity contribution in [1.29, 1.82) is 4.78 Å². The first-order valence-corrected chi connectivity index (χ1v) is 7.48. The van der Waals surface area contributed by atoms with Gasteiger partial charge in [0.1, 0.15) is 11.6 Å². The Hall–Kier alpha value is -1.31. The number of ether oxygens (including phenoxy) is 1. The Morgan fingerprint density at radius 2 is 1.94 bits per heavy atom. The zero-order valence-corrected chi connectivity index (χ0v) is 11.8. The third-order valence-electron chi connectivity index (χ3n) is 1.79. The Kier molecular flexibility index (Phi) is 5.59. The third-order valence-corrected chi connectivity index (χ3v) is 2.80. The Balaban J connectivity index is 4.46. The topological polar surface area (TPSA) is 117 Å². The molecule has 2 atom stereocenters. The fraction of sp³-hybridized carbons (Fsp3) is 0.800. The van der Waals surface area contributed by atoms with Crippen molar-refractivity contribution in [3.63, 3.8) is 0 Å². The van der Waals surface area contributed by atoms with Gasteiger partial charge in [0.05, 0.1) is 0 Å². The van der Waals surface area contributed by atoms with Gasteiger partial charge in [-0.2, -0.15) is 0 Å². The molecule has 0 aliphatic carbocycles. The van der Waals surface area contributed by atoms with Crippen molar-refractivity contribution in [3.05, 3.63) is 0 Å². The highest BCUT2D eigenvalue weighted by Crippen LogP contribution is 2.07. The number of carboxylic acid groups (broad SMARTS) is 1. The van der Waals surface area contributed by atoms with E-state index in [2.05, 4.69) is 5.32 Å². The number of aliphatic carboxylic acids is 1. The molecule has 0 spiro atoms. The van der Waals surface area contributed by atoms with Crippen LogP contribution in [0, 0.1) is 4.78 Å². The first-order valence-electron chi connectivity index (χ1n) is 5.34. The van der Waals surface area contributed by atoms with E-state index in [9.17, 15) is 13.8 Å². The minimum absolute atomic E-state index is 0.0760. The van der Waals surface area contributed by atoms with Crippen LogP contribution in [-0.2, 0) is 19.3 Å². The molecule has 0 aromatic carbocycles. The second-order valence-electron chi connectivity index (χ2n) is 5.03. The summed E-state index contributed by atoms with van der Waals surface area (Å²) in [5.74, 6) is -1.34. The molecule has 7 nitrogen and oxygen atoms in total. The Morgan fingerprint density at radius 3 is 2.28 bits per heavy atom. The van der Waals surface area contributed by atoms with E-state index in [-0.39, 0.29) is 12.2 Å². The van der Waals surface area contributed by atoms with Crippen LogP contribution in [0.3, 0.4) is 0 Å².